The lowest BCUT2D eigenvalue weighted by molar-refractivity contribution is 0.0329. The minimum absolute atomic E-state index is 0.0263. The molecule has 6 atom stereocenters. The van der Waals surface area contributed by atoms with Crippen molar-refractivity contribution < 1.29 is 4.84 Å². The average Bonchev–Trinajstić information content (AvgIpc) is 3.11. The molecule has 0 saturated carbocycles. The van der Waals surface area contributed by atoms with Crippen molar-refractivity contribution in [2.45, 2.75) is 83.2 Å². The third kappa shape index (κ3) is 5.87. The van der Waals surface area contributed by atoms with Crippen LogP contribution < -0.4 is 26.7 Å². The van der Waals surface area contributed by atoms with E-state index >= 15 is 0 Å². The molecule has 1 aromatic carbocycles. The smallest absolute Gasteiger partial charge is 0.136 e. The Hall–Kier alpha value is -0.730. The van der Waals surface area contributed by atoms with Gasteiger partial charge in [-0.15, -0.1) is 0 Å². The molecule has 0 radical (unpaired) electrons. The highest BCUT2D eigenvalue weighted by Gasteiger charge is 2.30. The fourth-order valence-corrected chi connectivity index (χ4v) is 4.35. The molecule has 2 saturated heterocycles. The first-order chi connectivity index (χ1) is 13.1. The van der Waals surface area contributed by atoms with Crippen LogP contribution in [0, 0.1) is 5.92 Å². The molecule has 0 aliphatic carbocycles. The van der Waals surface area contributed by atoms with Gasteiger partial charge >= 0.3 is 0 Å². The number of rotatable bonds is 8. The van der Waals surface area contributed by atoms with E-state index in [2.05, 4.69) is 64.9 Å². The molecule has 3 rings (SSSR count). The molecule has 5 N–H and O–H groups in total. The van der Waals surface area contributed by atoms with Gasteiger partial charge in [-0.2, -0.15) is 5.48 Å². The van der Waals surface area contributed by atoms with Gasteiger partial charge in [0.05, 0.1) is 6.17 Å². The molecule has 0 aromatic heterocycles. The number of hydrogen-bond donors (Lipinski definition) is 5. The second-order valence-corrected chi connectivity index (χ2v) is 8.08. The van der Waals surface area contributed by atoms with Crippen LogP contribution in [0.4, 0.5) is 0 Å². The first-order valence-corrected chi connectivity index (χ1v) is 10.7. The monoisotopic (exact) mass is 395 g/mol. The third-order valence-electron chi connectivity index (χ3n) is 5.58. The second kappa shape index (κ2) is 10.2. The summed E-state index contributed by atoms with van der Waals surface area (Å²) in [5.74, 6) is 0.679. The molecule has 2 heterocycles. The van der Waals surface area contributed by atoms with E-state index in [1.807, 2.05) is 6.92 Å². The lowest BCUT2D eigenvalue weighted by atomic mass is 9.88. The number of hydrogen-bond acceptors (Lipinski definition) is 6. The molecule has 0 spiro atoms. The van der Waals surface area contributed by atoms with Gasteiger partial charge in [-0.25, -0.2) is 0 Å². The van der Waals surface area contributed by atoms with E-state index in [-0.39, 0.29) is 24.2 Å². The zero-order chi connectivity index (χ0) is 19.2. The SMILES string of the molecule is CCCC(CC)C1CC(NCc2ccc(C3NOC(C)N3)cc2)NC(Cl)N1. The fourth-order valence-electron chi connectivity index (χ4n) is 4.04. The summed E-state index contributed by atoms with van der Waals surface area (Å²) in [6, 6.07) is 9.07. The van der Waals surface area contributed by atoms with Crippen molar-refractivity contribution in [1.29, 1.82) is 0 Å². The van der Waals surface area contributed by atoms with Gasteiger partial charge in [-0.3, -0.25) is 26.1 Å². The van der Waals surface area contributed by atoms with Crippen LogP contribution in [0.15, 0.2) is 24.3 Å². The molecule has 152 valence electrons. The first kappa shape index (κ1) is 21.0. The highest BCUT2D eigenvalue weighted by Crippen LogP contribution is 2.22. The van der Waals surface area contributed by atoms with Crippen molar-refractivity contribution >= 4 is 11.6 Å². The Morgan fingerprint density at radius 2 is 1.96 bits per heavy atom. The Labute approximate surface area is 168 Å². The Kier molecular flexibility index (Phi) is 7.90. The second-order valence-electron chi connectivity index (χ2n) is 7.65. The van der Waals surface area contributed by atoms with Gasteiger partial charge in [0.1, 0.15) is 18.0 Å². The topological polar surface area (TPSA) is 69.4 Å². The van der Waals surface area contributed by atoms with E-state index in [4.69, 9.17) is 16.4 Å². The Balaban J connectivity index is 1.51. The Morgan fingerprint density at radius 1 is 1.19 bits per heavy atom. The predicted octanol–water partition coefficient (Wildman–Crippen LogP) is 2.87. The number of hydroxylamine groups is 1. The van der Waals surface area contributed by atoms with Crippen molar-refractivity contribution in [1.82, 2.24) is 26.7 Å². The van der Waals surface area contributed by atoms with Gasteiger partial charge < -0.3 is 0 Å². The van der Waals surface area contributed by atoms with Crippen LogP contribution >= 0.6 is 11.6 Å². The molecule has 0 bridgehead atoms. The van der Waals surface area contributed by atoms with Crippen LogP contribution in [0.25, 0.3) is 0 Å². The lowest BCUT2D eigenvalue weighted by Gasteiger charge is -2.39. The summed E-state index contributed by atoms with van der Waals surface area (Å²) in [6.07, 6.45) is 5.00. The van der Waals surface area contributed by atoms with Crippen LogP contribution in [-0.4, -0.2) is 24.1 Å². The number of benzene rings is 1. The molecule has 1 aromatic rings. The summed E-state index contributed by atoms with van der Waals surface area (Å²) in [5, 5.41) is 13.9. The van der Waals surface area contributed by atoms with E-state index in [1.165, 1.54) is 30.4 Å². The van der Waals surface area contributed by atoms with Crippen molar-refractivity contribution in [3.05, 3.63) is 35.4 Å². The molecular weight excluding hydrogens is 362 g/mol. The van der Waals surface area contributed by atoms with Gasteiger partial charge in [0.25, 0.3) is 0 Å². The molecule has 6 unspecified atom stereocenters. The standard InChI is InChI=1S/C20H34ClN5O/c1-4-6-15(5-2)17-11-18(25-20(21)24-17)22-12-14-7-9-16(10-8-14)19-23-13(3)27-26-19/h7-10,13,15,17-20,22-26H,4-6,11-12H2,1-3H3. The molecule has 6 nitrogen and oxygen atoms in total. The van der Waals surface area contributed by atoms with E-state index in [0.29, 0.717) is 12.0 Å². The van der Waals surface area contributed by atoms with E-state index < -0.39 is 0 Å². The zero-order valence-electron chi connectivity index (χ0n) is 16.6. The van der Waals surface area contributed by atoms with Gasteiger partial charge in [-0.1, -0.05) is 62.6 Å². The first-order valence-electron chi connectivity index (χ1n) is 10.2. The van der Waals surface area contributed by atoms with E-state index in [1.54, 1.807) is 0 Å². The number of halogens is 1. The van der Waals surface area contributed by atoms with Gasteiger partial charge in [0, 0.05) is 12.6 Å². The van der Waals surface area contributed by atoms with Crippen molar-refractivity contribution in [2.24, 2.45) is 5.92 Å². The molecule has 2 fully saturated rings. The van der Waals surface area contributed by atoms with Crippen LogP contribution in [0.5, 0.6) is 0 Å². The molecule has 2 aliphatic heterocycles. The normalized spacial score (nSPS) is 32.5. The zero-order valence-corrected chi connectivity index (χ0v) is 17.4. The lowest BCUT2D eigenvalue weighted by Crippen LogP contribution is -2.61. The van der Waals surface area contributed by atoms with Gasteiger partial charge in [0.15, 0.2) is 0 Å². The Bertz CT molecular complexity index is 572. The van der Waals surface area contributed by atoms with Crippen molar-refractivity contribution in [3.8, 4) is 0 Å². The highest BCUT2D eigenvalue weighted by atomic mass is 35.5. The van der Waals surface area contributed by atoms with Crippen molar-refractivity contribution in [2.75, 3.05) is 0 Å². The predicted molar refractivity (Wildman–Crippen MR) is 110 cm³/mol. The van der Waals surface area contributed by atoms with Crippen LogP contribution in [0.2, 0.25) is 0 Å². The van der Waals surface area contributed by atoms with Crippen LogP contribution in [0.1, 0.15) is 63.7 Å². The summed E-state index contributed by atoms with van der Waals surface area (Å²) >= 11 is 6.41. The molecular formula is C20H34ClN5O. The van der Waals surface area contributed by atoms with Gasteiger partial charge in [-0.05, 0) is 36.8 Å². The third-order valence-corrected chi connectivity index (χ3v) is 5.83. The van der Waals surface area contributed by atoms with E-state index in [9.17, 15) is 0 Å². The largest absolute Gasteiger partial charge is 0.298 e. The minimum atomic E-state index is -0.184. The maximum atomic E-state index is 6.41. The maximum Gasteiger partial charge on any atom is 0.136 e. The summed E-state index contributed by atoms with van der Waals surface area (Å²) in [4.78, 5) is 5.34. The summed E-state index contributed by atoms with van der Waals surface area (Å²) in [5.41, 5.74) is 5.25. The van der Waals surface area contributed by atoms with Crippen LogP contribution in [0.3, 0.4) is 0 Å². The van der Waals surface area contributed by atoms with Crippen molar-refractivity contribution in [3.63, 3.8) is 0 Å². The quantitative estimate of drug-likeness (QED) is 0.344. The van der Waals surface area contributed by atoms with Crippen LogP contribution in [-0.2, 0) is 11.4 Å². The fraction of sp³-hybridized carbons (Fsp3) is 0.700. The number of nitrogens with one attached hydrogen (secondary N) is 5. The molecule has 2 aliphatic rings. The summed E-state index contributed by atoms with van der Waals surface area (Å²) in [7, 11) is 0. The number of alkyl halides is 1. The molecule has 0 amide bonds. The maximum absolute atomic E-state index is 6.41. The minimum Gasteiger partial charge on any atom is -0.298 e. The average molecular weight is 396 g/mol. The summed E-state index contributed by atoms with van der Waals surface area (Å²) in [6.45, 7) is 7.33. The Morgan fingerprint density at radius 3 is 2.59 bits per heavy atom. The van der Waals surface area contributed by atoms with E-state index in [0.717, 1.165) is 13.0 Å². The molecule has 27 heavy (non-hydrogen) atoms. The summed E-state index contributed by atoms with van der Waals surface area (Å²) < 4.78 is 0. The van der Waals surface area contributed by atoms with Gasteiger partial charge in [0.2, 0.25) is 0 Å². The molecule has 7 heteroatoms. The highest BCUT2D eigenvalue weighted by molar-refractivity contribution is 6.20.